The molecule has 0 saturated carbocycles. The number of hydrogen-bond acceptors (Lipinski definition) is 6. The van der Waals surface area contributed by atoms with Crippen molar-refractivity contribution >= 4 is 23.8 Å². The zero-order valence-electron chi connectivity index (χ0n) is 11.1. The second-order valence-corrected chi connectivity index (χ2v) is 4.06. The van der Waals surface area contributed by atoms with E-state index in [1.54, 1.807) is 13.8 Å². The van der Waals surface area contributed by atoms with Crippen molar-refractivity contribution in [2.24, 2.45) is 0 Å². The molecule has 0 aromatic heterocycles. The molecule has 0 aromatic rings. The molecule has 0 fully saturated rings. The van der Waals surface area contributed by atoms with Crippen molar-refractivity contribution in [3.8, 4) is 0 Å². The van der Waals surface area contributed by atoms with Gasteiger partial charge in [-0.1, -0.05) is 0 Å². The summed E-state index contributed by atoms with van der Waals surface area (Å²) in [7, 11) is 0. The number of amides is 1. The molecule has 19 heavy (non-hydrogen) atoms. The number of hydrogen-bond donors (Lipinski definition) is 2. The summed E-state index contributed by atoms with van der Waals surface area (Å²) in [5.41, 5.74) is 0. The van der Waals surface area contributed by atoms with Gasteiger partial charge in [0.15, 0.2) is 0 Å². The second-order valence-electron chi connectivity index (χ2n) is 4.06. The van der Waals surface area contributed by atoms with E-state index in [-0.39, 0.29) is 6.04 Å². The molecule has 1 amide bonds. The molecule has 8 nitrogen and oxygen atoms in total. The van der Waals surface area contributed by atoms with Gasteiger partial charge in [0.1, 0.15) is 0 Å². The van der Waals surface area contributed by atoms with Crippen molar-refractivity contribution in [2.75, 3.05) is 0 Å². The summed E-state index contributed by atoms with van der Waals surface area (Å²) in [6, 6.07) is -0.294. The summed E-state index contributed by atoms with van der Waals surface area (Å²) in [5.74, 6) is -4.19. The van der Waals surface area contributed by atoms with Crippen LogP contribution in [0.2, 0.25) is 0 Å². The predicted molar refractivity (Wildman–Crippen MR) is 62.0 cm³/mol. The van der Waals surface area contributed by atoms with Gasteiger partial charge in [-0.25, -0.2) is 4.79 Å². The number of carbonyl (C=O) groups is 4. The van der Waals surface area contributed by atoms with E-state index in [1.165, 1.54) is 0 Å². The van der Waals surface area contributed by atoms with Crippen LogP contribution >= 0.6 is 0 Å². The van der Waals surface area contributed by atoms with Crippen molar-refractivity contribution in [1.82, 2.24) is 5.32 Å². The topological polar surface area (TPSA) is 119 Å². The summed E-state index contributed by atoms with van der Waals surface area (Å²) >= 11 is 0. The average molecular weight is 275 g/mol. The molecule has 0 aliphatic rings. The number of carbonyl (C=O) groups excluding carboxylic acids is 3. The first kappa shape index (κ1) is 16.9. The molecule has 0 aliphatic carbocycles. The van der Waals surface area contributed by atoms with Crippen LogP contribution in [0.4, 0.5) is 0 Å². The number of carboxylic acids is 1. The molecular weight excluding hydrogens is 258 g/mol. The van der Waals surface area contributed by atoms with E-state index in [2.05, 4.69) is 14.8 Å². The Kier molecular flexibility index (Phi) is 6.53. The van der Waals surface area contributed by atoms with Gasteiger partial charge in [-0.3, -0.25) is 14.4 Å². The number of nitrogens with one attached hydrogen (secondary N) is 1. The fourth-order valence-corrected chi connectivity index (χ4v) is 1.22. The van der Waals surface area contributed by atoms with Gasteiger partial charge in [-0.05, 0) is 13.8 Å². The van der Waals surface area contributed by atoms with Gasteiger partial charge in [0.25, 0.3) is 5.91 Å². The van der Waals surface area contributed by atoms with Crippen molar-refractivity contribution < 1.29 is 33.8 Å². The smallest absolute Gasteiger partial charge is 0.349 e. The van der Waals surface area contributed by atoms with Crippen LogP contribution in [0.3, 0.4) is 0 Å². The fourth-order valence-electron chi connectivity index (χ4n) is 1.22. The van der Waals surface area contributed by atoms with Crippen molar-refractivity contribution in [3.05, 3.63) is 0 Å². The largest absolute Gasteiger partial charge is 0.478 e. The number of aliphatic carboxylic acids is 1. The van der Waals surface area contributed by atoms with Crippen LogP contribution in [0.15, 0.2) is 0 Å². The number of carboxylic acid groups (broad SMARTS) is 1. The van der Waals surface area contributed by atoms with E-state index in [9.17, 15) is 19.2 Å². The molecule has 2 N–H and O–H groups in total. The first-order chi connectivity index (χ1) is 8.65. The molecule has 0 aromatic carbocycles. The monoisotopic (exact) mass is 275 g/mol. The Balaban J connectivity index is 5.16. The fraction of sp³-hybridized carbons (Fsp3) is 0.636. The number of ether oxygens (including phenoxy) is 2. The van der Waals surface area contributed by atoms with E-state index in [0.29, 0.717) is 0 Å². The Labute approximate surface area is 110 Å². The maximum atomic E-state index is 11.8. The zero-order chi connectivity index (χ0) is 15.2. The maximum absolute atomic E-state index is 11.8. The van der Waals surface area contributed by atoms with Gasteiger partial charge >= 0.3 is 17.9 Å². The first-order valence-electron chi connectivity index (χ1n) is 5.52. The summed E-state index contributed by atoms with van der Waals surface area (Å²) < 4.78 is 9.13. The predicted octanol–water partition coefficient (Wildman–Crippen LogP) is -0.541. The highest BCUT2D eigenvalue weighted by Crippen LogP contribution is 2.07. The van der Waals surface area contributed by atoms with Gasteiger partial charge < -0.3 is 19.9 Å². The Morgan fingerprint density at radius 2 is 1.37 bits per heavy atom. The van der Waals surface area contributed by atoms with Crippen molar-refractivity contribution in [2.45, 2.75) is 45.9 Å². The summed E-state index contributed by atoms with van der Waals surface area (Å²) in [4.78, 5) is 44.5. The van der Waals surface area contributed by atoms with E-state index in [0.717, 1.165) is 13.8 Å². The lowest BCUT2D eigenvalue weighted by Crippen LogP contribution is -2.51. The van der Waals surface area contributed by atoms with Crippen LogP contribution in [-0.2, 0) is 28.7 Å². The van der Waals surface area contributed by atoms with Gasteiger partial charge in [0, 0.05) is 19.9 Å². The number of rotatable bonds is 6. The summed E-state index contributed by atoms with van der Waals surface area (Å²) in [5, 5.41) is 11.3. The average Bonchev–Trinajstić information content (AvgIpc) is 2.20. The van der Waals surface area contributed by atoms with E-state index >= 15 is 0 Å². The third-order valence-corrected chi connectivity index (χ3v) is 1.79. The van der Waals surface area contributed by atoms with Gasteiger partial charge in [0.2, 0.25) is 12.2 Å². The third kappa shape index (κ3) is 6.39. The lowest BCUT2D eigenvalue weighted by Gasteiger charge is -2.23. The lowest BCUT2D eigenvalue weighted by atomic mass is 10.1. The van der Waals surface area contributed by atoms with Crippen LogP contribution in [0.5, 0.6) is 0 Å². The summed E-state index contributed by atoms with van der Waals surface area (Å²) in [6.45, 7) is 5.29. The maximum Gasteiger partial charge on any atom is 0.349 e. The molecule has 108 valence electrons. The van der Waals surface area contributed by atoms with Gasteiger partial charge in [-0.15, -0.1) is 0 Å². The molecule has 0 rings (SSSR count). The van der Waals surface area contributed by atoms with E-state index in [1.807, 2.05) is 0 Å². The molecule has 8 heteroatoms. The molecule has 0 radical (unpaired) electrons. The van der Waals surface area contributed by atoms with Crippen molar-refractivity contribution in [1.29, 1.82) is 0 Å². The van der Waals surface area contributed by atoms with Gasteiger partial charge in [-0.2, -0.15) is 0 Å². The molecule has 2 unspecified atom stereocenters. The first-order valence-corrected chi connectivity index (χ1v) is 5.52. The zero-order valence-corrected chi connectivity index (χ0v) is 11.1. The van der Waals surface area contributed by atoms with Crippen LogP contribution < -0.4 is 5.32 Å². The minimum atomic E-state index is -1.89. The Morgan fingerprint density at radius 1 is 0.947 bits per heavy atom. The highest BCUT2D eigenvalue weighted by molar-refractivity contribution is 5.91. The molecule has 0 saturated heterocycles. The second kappa shape index (κ2) is 7.34. The highest BCUT2D eigenvalue weighted by atomic mass is 16.6. The minimum Gasteiger partial charge on any atom is -0.478 e. The Bertz CT molecular complexity index is 377. The highest BCUT2D eigenvalue weighted by Gasteiger charge is 2.39. The molecule has 0 heterocycles. The third-order valence-electron chi connectivity index (χ3n) is 1.79. The van der Waals surface area contributed by atoms with Gasteiger partial charge in [0.05, 0.1) is 0 Å². The van der Waals surface area contributed by atoms with Crippen LogP contribution in [-0.4, -0.2) is 47.2 Å². The molecule has 2 atom stereocenters. The van der Waals surface area contributed by atoms with Crippen LogP contribution in [0.1, 0.15) is 27.7 Å². The van der Waals surface area contributed by atoms with E-state index < -0.39 is 36.0 Å². The van der Waals surface area contributed by atoms with Crippen LogP contribution in [0.25, 0.3) is 0 Å². The number of esters is 2. The summed E-state index contributed by atoms with van der Waals surface area (Å²) in [6.07, 6.45) is -3.62. The normalized spacial score (nSPS) is 13.3. The lowest BCUT2D eigenvalue weighted by molar-refractivity contribution is -0.180. The van der Waals surface area contributed by atoms with Crippen LogP contribution in [0, 0.1) is 0 Å². The van der Waals surface area contributed by atoms with Crippen molar-refractivity contribution in [3.63, 3.8) is 0 Å². The molecule has 0 aliphatic heterocycles. The molecule has 0 bridgehead atoms. The molecule has 0 spiro atoms. The Hall–Kier alpha value is -2.12. The standard InChI is InChI=1S/C11H17NO7/c1-5(2)12-10(15)8(18-6(3)13)9(11(16)17)19-7(4)14/h5,8-9H,1-4H3,(H,12,15)(H,16,17). The molecular formula is C11H17NO7. The minimum absolute atomic E-state index is 0.294. The quantitative estimate of drug-likeness (QED) is 0.625. The Morgan fingerprint density at radius 3 is 1.68 bits per heavy atom. The van der Waals surface area contributed by atoms with E-state index in [4.69, 9.17) is 5.11 Å². The SMILES string of the molecule is CC(=O)OC(C(=O)O)C(OC(C)=O)C(=O)NC(C)C.